The molecule has 15 heavy (non-hydrogen) atoms. The summed E-state index contributed by atoms with van der Waals surface area (Å²) in [4.78, 5) is 3.90. The molecule has 0 atom stereocenters. The lowest BCUT2D eigenvalue weighted by Crippen LogP contribution is -2.23. The van der Waals surface area contributed by atoms with Crippen LogP contribution in [0.25, 0.3) is 0 Å². The minimum atomic E-state index is -0.380. The summed E-state index contributed by atoms with van der Waals surface area (Å²) in [6.45, 7) is 2.56. The van der Waals surface area contributed by atoms with Crippen molar-refractivity contribution in [1.29, 1.82) is 0 Å². The van der Waals surface area contributed by atoms with E-state index in [-0.39, 0.29) is 18.3 Å². The lowest BCUT2D eigenvalue weighted by Gasteiger charge is -2.08. The van der Waals surface area contributed by atoms with Crippen molar-refractivity contribution in [2.45, 2.75) is 13.5 Å². The summed E-state index contributed by atoms with van der Waals surface area (Å²) in [5.74, 6) is -0.181. The van der Waals surface area contributed by atoms with Crippen LogP contribution in [0.15, 0.2) is 23.2 Å². The number of aliphatic imine (C=N–C) groups is 1. The third-order valence-corrected chi connectivity index (χ3v) is 1.89. The highest BCUT2D eigenvalue weighted by Gasteiger charge is 2.06. The van der Waals surface area contributed by atoms with Gasteiger partial charge in [-0.2, -0.15) is 0 Å². The normalized spacial score (nSPS) is 11.5. The predicted octanol–water partition coefficient (Wildman–Crippen LogP) is 1.03. The zero-order chi connectivity index (χ0) is 11.3. The molecule has 4 nitrogen and oxygen atoms in total. The van der Waals surface area contributed by atoms with E-state index < -0.39 is 0 Å². The summed E-state index contributed by atoms with van der Waals surface area (Å²) in [6, 6.07) is 4.94. The molecule has 0 fully saturated rings. The largest absolute Gasteiger partial charge is 0.370 e. The number of halogens is 1. The molecule has 1 rings (SSSR count). The highest BCUT2D eigenvalue weighted by molar-refractivity contribution is 5.92. The minimum absolute atomic E-state index is 0.159. The number of rotatable bonds is 3. The molecule has 0 bridgehead atoms. The number of nitrogens with zero attached hydrogens (tertiary/aromatic N) is 1. The van der Waals surface area contributed by atoms with Crippen LogP contribution in [0.3, 0.4) is 0 Å². The zero-order valence-electron chi connectivity index (χ0n) is 8.63. The molecular weight excluding hydrogens is 195 g/mol. The van der Waals surface area contributed by atoms with Crippen molar-refractivity contribution in [1.82, 2.24) is 0 Å². The number of nitrogens with two attached hydrogens (primary N) is 2. The van der Waals surface area contributed by atoms with Crippen LogP contribution in [-0.2, 0) is 6.54 Å². The molecule has 0 aliphatic rings. The van der Waals surface area contributed by atoms with Crippen LogP contribution in [0, 0.1) is 5.82 Å². The maximum Gasteiger partial charge on any atom is 0.193 e. The van der Waals surface area contributed by atoms with E-state index in [1.807, 2.05) is 6.92 Å². The van der Waals surface area contributed by atoms with Gasteiger partial charge in [-0.05, 0) is 13.0 Å². The summed E-state index contributed by atoms with van der Waals surface area (Å²) >= 11 is 0. The van der Waals surface area contributed by atoms with Crippen LogP contribution >= 0.6 is 0 Å². The Labute approximate surface area is 88.2 Å². The average Bonchev–Trinajstić information content (AvgIpc) is 2.21. The van der Waals surface area contributed by atoms with Gasteiger partial charge in [-0.25, -0.2) is 4.39 Å². The van der Waals surface area contributed by atoms with Crippen LogP contribution in [-0.4, -0.2) is 12.5 Å². The van der Waals surface area contributed by atoms with Gasteiger partial charge in [-0.1, -0.05) is 12.1 Å². The van der Waals surface area contributed by atoms with E-state index in [4.69, 9.17) is 11.5 Å². The lowest BCUT2D eigenvalue weighted by atomic mass is 10.2. The molecule has 82 valence electrons. The molecular formula is C10H15FN4. The van der Waals surface area contributed by atoms with Gasteiger partial charge in [-0.3, -0.25) is 4.99 Å². The molecule has 0 amide bonds. The maximum absolute atomic E-state index is 13.6. The maximum atomic E-state index is 13.6. The van der Waals surface area contributed by atoms with Gasteiger partial charge in [0.2, 0.25) is 0 Å². The Bertz CT molecular complexity index is 362. The predicted molar refractivity (Wildman–Crippen MR) is 60.1 cm³/mol. The Kier molecular flexibility index (Phi) is 4.05. The van der Waals surface area contributed by atoms with E-state index in [1.165, 1.54) is 0 Å². The quantitative estimate of drug-likeness (QED) is 0.515. The monoisotopic (exact) mass is 210 g/mol. The molecule has 0 aliphatic carbocycles. The summed E-state index contributed by atoms with van der Waals surface area (Å²) in [7, 11) is 0. The Morgan fingerprint density at radius 2 is 2.27 bits per heavy atom. The van der Waals surface area contributed by atoms with Gasteiger partial charge in [0, 0.05) is 18.7 Å². The number of hydrogen-bond acceptors (Lipinski definition) is 2. The van der Waals surface area contributed by atoms with Crippen LogP contribution in [0.4, 0.5) is 10.1 Å². The number of guanidine groups is 1. The fraction of sp³-hybridized carbons (Fsp3) is 0.300. The van der Waals surface area contributed by atoms with Gasteiger partial charge in [0.1, 0.15) is 0 Å². The molecule has 0 aromatic heterocycles. The van der Waals surface area contributed by atoms with Crippen LogP contribution in [0.1, 0.15) is 12.5 Å². The van der Waals surface area contributed by atoms with E-state index in [2.05, 4.69) is 10.3 Å². The van der Waals surface area contributed by atoms with Gasteiger partial charge in [0.25, 0.3) is 0 Å². The average molecular weight is 210 g/mol. The first-order valence-electron chi connectivity index (χ1n) is 4.73. The molecule has 0 aliphatic heterocycles. The minimum Gasteiger partial charge on any atom is -0.370 e. The lowest BCUT2D eigenvalue weighted by molar-refractivity contribution is 0.615. The Morgan fingerprint density at radius 1 is 1.53 bits per heavy atom. The smallest absolute Gasteiger partial charge is 0.193 e. The highest BCUT2D eigenvalue weighted by atomic mass is 19.1. The fourth-order valence-electron chi connectivity index (χ4n) is 1.18. The number of anilines is 1. The molecule has 1 aromatic carbocycles. The Hall–Kier alpha value is -1.62. The summed E-state index contributed by atoms with van der Waals surface area (Å²) < 4.78 is 13.6. The second-order valence-corrected chi connectivity index (χ2v) is 2.97. The van der Waals surface area contributed by atoms with E-state index in [9.17, 15) is 4.39 Å². The van der Waals surface area contributed by atoms with Crippen molar-refractivity contribution in [3.8, 4) is 0 Å². The van der Waals surface area contributed by atoms with E-state index in [0.29, 0.717) is 17.8 Å². The number of hydrogen-bond donors (Lipinski definition) is 3. The molecule has 0 heterocycles. The van der Waals surface area contributed by atoms with Gasteiger partial charge in [0.15, 0.2) is 11.8 Å². The molecule has 0 spiro atoms. The Balaban J connectivity index is 2.90. The SMILES string of the molecule is CCN=C(N)Nc1cccc(CN)c1F. The molecule has 0 unspecified atom stereocenters. The number of nitrogens with one attached hydrogen (secondary N) is 1. The van der Waals surface area contributed by atoms with Crippen molar-refractivity contribution in [3.05, 3.63) is 29.6 Å². The molecule has 5 N–H and O–H groups in total. The first-order valence-corrected chi connectivity index (χ1v) is 4.73. The van der Waals surface area contributed by atoms with Gasteiger partial charge in [0.05, 0.1) is 5.69 Å². The fourth-order valence-corrected chi connectivity index (χ4v) is 1.18. The molecule has 0 saturated heterocycles. The van der Waals surface area contributed by atoms with Gasteiger partial charge < -0.3 is 16.8 Å². The topological polar surface area (TPSA) is 76.4 Å². The van der Waals surface area contributed by atoms with E-state index in [0.717, 1.165) is 0 Å². The van der Waals surface area contributed by atoms with Crippen molar-refractivity contribution in [3.63, 3.8) is 0 Å². The first kappa shape index (κ1) is 11.5. The van der Waals surface area contributed by atoms with Crippen LogP contribution in [0.2, 0.25) is 0 Å². The van der Waals surface area contributed by atoms with E-state index >= 15 is 0 Å². The van der Waals surface area contributed by atoms with Crippen molar-refractivity contribution >= 4 is 11.6 Å². The Morgan fingerprint density at radius 3 is 2.87 bits per heavy atom. The third-order valence-electron chi connectivity index (χ3n) is 1.89. The molecule has 1 aromatic rings. The summed E-state index contributed by atoms with van der Waals surface area (Å²) in [5.41, 5.74) is 11.6. The summed E-state index contributed by atoms with van der Waals surface area (Å²) in [5, 5.41) is 2.68. The summed E-state index contributed by atoms with van der Waals surface area (Å²) in [6.07, 6.45) is 0. The van der Waals surface area contributed by atoms with Gasteiger partial charge >= 0.3 is 0 Å². The second kappa shape index (κ2) is 5.31. The molecule has 5 heteroatoms. The van der Waals surface area contributed by atoms with Crippen LogP contribution in [0.5, 0.6) is 0 Å². The first-order chi connectivity index (χ1) is 7.19. The third kappa shape index (κ3) is 2.92. The standard InChI is InChI=1S/C10H15FN4/c1-2-14-10(13)15-8-5-3-4-7(6-12)9(8)11/h3-5H,2,6,12H2,1H3,(H3,13,14,15). The highest BCUT2D eigenvalue weighted by Crippen LogP contribution is 2.17. The van der Waals surface area contributed by atoms with Crippen molar-refractivity contribution in [2.24, 2.45) is 16.5 Å². The second-order valence-electron chi connectivity index (χ2n) is 2.97. The van der Waals surface area contributed by atoms with Crippen molar-refractivity contribution in [2.75, 3.05) is 11.9 Å². The van der Waals surface area contributed by atoms with Crippen molar-refractivity contribution < 1.29 is 4.39 Å². The molecule has 0 radical (unpaired) electrons. The van der Waals surface area contributed by atoms with Gasteiger partial charge in [-0.15, -0.1) is 0 Å². The number of benzene rings is 1. The van der Waals surface area contributed by atoms with E-state index in [1.54, 1.807) is 18.2 Å². The molecule has 0 saturated carbocycles. The van der Waals surface area contributed by atoms with Crippen LogP contribution < -0.4 is 16.8 Å². The zero-order valence-corrected chi connectivity index (χ0v) is 8.63.